The Morgan fingerprint density at radius 3 is 1.05 bits per heavy atom. The number of esters is 1. The molecule has 4 heteroatoms. The van der Waals surface area contributed by atoms with Crippen molar-refractivity contribution in [1.82, 2.24) is 0 Å². The molecule has 0 amide bonds. The SMILES string of the molecule is CCCCCCCCCCCCCCCCCCCCCC(=O)OC(CCCCCCCCCCCCC)CCC(=O)O. The van der Waals surface area contributed by atoms with Crippen LogP contribution in [0.15, 0.2) is 0 Å². The molecule has 1 N–H and O–H groups in total. The van der Waals surface area contributed by atoms with Crippen LogP contribution in [0.25, 0.3) is 0 Å². The van der Waals surface area contributed by atoms with E-state index in [9.17, 15) is 9.59 Å². The predicted octanol–water partition coefficient (Wildman–Crippen LogP) is 13.3. The van der Waals surface area contributed by atoms with Crippen LogP contribution >= 0.6 is 0 Å². The van der Waals surface area contributed by atoms with Crippen molar-refractivity contribution in [2.75, 3.05) is 0 Å². The summed E-state index contributed by atoms with van der Waals surface area (Å²) in [7, 11) is 0. The Bertz CT molecular complexity index is 576. The average Bonchev–Trinajstić information content (AvgIpc) is 2.99. The Kier molecular flexibility index (Phi) is 34.5. The predicted molar refractivity (Wildman–Crippen MR) is 186 cm³/mol. The van der Waals surface area contributed by atoms with E-state index in [0.717, 1.165) is 32.1 Å². The minimum absolute atomic E-state index is 0.0786. The number of aliphatic carboxylic acids is 1. The van der Waals surface area contributed by atoms with Gasteiger partial charge in [0.05, 0.1) is 0 Å². The lowest BCUT2D eigenvalue weighted by molar-refractivity contribution is -0.151. The van der Waals surface area contributed by atoms with E-state index in [2.05, 4.69) is 13.8 Å². The van der Waals surface area contributed by atoms with Crippen LogP contribution < -0.4 is 0 Å². The van der Waals surface area contributed by atoms with E-state index in [1.54, 1.807) is 0 Å². The molecule has 0 heterocycles. The number of hydrogen-bond donors (Lipinski definition) is 1. The van der Waals surface area contributed by atoms with Gasteiger partial charge < -0.3 is 9.84 Å². The summed E-state index contributed by atoms with van der Waals surface area (Å²) in [6, 6.07) is 0. The maximum Gasteiger partial charge on any atom is 0.306 e. The highest BCUT2D eigenvalue weighted by Gasteiger charge is 2.16. The van der Waals surface area contributed by atoms with E-state index in [-0.39, 0.29) is 18.5 Å². The standard InChI is InChI=1S/C39H76O4/c1-3-5-7-9-11-13-15-16-17-18-19-20-21-22-24-26-28-30-32-34-39(42)43-37(35-36-38(40)41)33-31-29-27-25-23-14-12-10-8-6-4-2/h37H,3-36H2,1-2H3,(H,40,41). The van der Waals surface area contributed by atoms with Gasteiger partial charge in [0.25, 0.3) is 0 Å². The molecule has 0 aliphatic rings. The number of unbranched alkanes of at least 4 members (excludes halogenated alkanes) is 28. The average molecular weight is 609 g/mol. The number of ether oxygens (including phenoxy) is 1. The quantitative estimate of drug-likeness (QED) is 0.0567. The lowest BCUT2D eigenvalue weighted by Crippen LogP contribution is -2.19. The fourth-order valence-electron chi connectivity index (χ4n) is 6.18. The Morgan fingerprint density at radius 2 is 0.721 bits per heavy atom. The summed E-state index contributed by atoms with van der Waals surface area (Å²) in [6.07, 6.45) is 41.3. The molecule has 0 aliphatic heterocycles. The summed E-state index contributed by atoms with van der Waals surface area (Å²) in [5.74, 6) is -0.941. The first kappa shape index (κ1) is 41.9. The molecule has 0 fully saturated rings. The van der Waals surface area contributed by atoms with E-state index in [1.807, 2.05) is 0 Å². The van der Waals surface area contributed by atoms with Crippen molar-refractivity contribution in [2.24, 2.45) is 0 Å². The minimum Gasteiger partial charge on any atom is -0.481 e. The molecule has 0 rings (SSSR count). The van der Waals surface area contributed by atoms with E-state index >= 15 is 0 Å². The highest BCUT2D eigenvalue weighted by molar-refractivity contribution is 5.69. The highest BCUT2D eigenvalue weighted by atomic mass is 16.5. The molecule has 0 bridgehead atoms. The van der Waals surface area contributed by atoms with E-state index in [4.69, 9.17) is 9.84 Å². The van der Waals surface area contributed by atoms with Crippen molar-refractivity contribution in [3.8, 4) is 0 Å². The number of hydrogen-bond acceptors (Lipinski definition) is 3. The van der Waals surface area contributed by atoms with Crippen molar-refractivity contribution in [3.05, 3.63) is 0 Å². The van der Waals surface area contributed by atoms with Gasteiger partial charge in [-0.3, -0.25) is 9.59 Å². The smallest absolute Gasteiger partial charge is 0.306 e. The van der Waals surface area contributed by atoms with Crippen LogP contribution in [0.5, 0.6) is 0 Å². The van der Waals surface area contributed by atoms with Crippen molar-refractivity contribution < 1.29 is 19.4 Å². The molecule has 1 unspecified atom stereocenters. The third-order valence-corrected chi connectivity index (χ3v) is 9.09. The van der Waals surface area contributed by atoms with Gasteiger partial charge in [0.1, 0.15) is 6.10 Å². The third kappa shape index (κ3) is 35.3. The first-order valence-corrected chi connectivity index (χ1v) is 19.5. The second-order valence-corrected chi connectivity index (χ2v) is 13.5. The molecule has 43 heavy (non-hydrogen) atoms. The maximum absolute atomic E-state index is 12.4. The molecule has 0 aliphatic carbocycles. The summed E-state index contributed by atoms with van der Waals surface area (Å²) >= 11 is 0. The lowest BCUT2D eigenvalue weighted by Gasteiger charge is -2.17. The van der Waals surface area contributed by atoms with E-state index in [0.29, 0.717) is 12.8 Å². The summed E-state index contributed by atoms with van der Waals surface area (Å²) in [5.41, 5.74) is 0. The Labute approximate surface area is 269 Å². The zero-order valence-electron chi connectivity index (χ0n) is 29.3. The zero-order chi connectivity index (χ0) is 31.5. The van der Waals surface area contributed by atoms with Crippen molar-refractivity contribution in [3.63, 3.8) is 0 Å². The highest BCUT2D eigenvalue weighted by Crippen LogP contribution is 2.18. The summed E-state index contributed by atoms with van der Waals surface area (Å²) < 4.78 is 5.73. The monoisotopic (exact) mass is 609 g/mol. The van der Waals surface area contributed by atoms with Crippen LogP contribution in [0.4, 0.5) is 0 Å². The first-order chi connectivity index (χ1) is 21.1. The molecular weight excluding hydrogens is 532 g/mol. The molecular formula is C39H76O4. The maximum atomic E-state index is 12.4. The van der Waals surface area contributed by atoms with Crippen LogP contribution in [-0.4, -0.2) is 23.1 Å². The summed E-state index contributed by atoms with van der Waals surface area (Å²) in [4.78, 5) is 23.5. The zero-order valence-corrected chi connectivity index (χ0v) is 29.3. The second-order valence-electron chi connectivity index (χ2n) is 13.5. The fourth-order valence-corrected chi connectivity index (χ4v) is 6.18. The molecule has 0 aromatic carbocycles. The number of carboxylic acids is 1. The number of carbonyl (C=O) groups is 2. The van der Waals surface area contributed by atoms with Crippen LogP contribution in [0.2, 0.25) is 0 Å². The van der Waals surface area contributed by atoms with E-state index in [1.165, 1.54) is 167 Å². The largest absolute Gasteiger partial charge is 0.481 e. The van der Waals surface area contributed by atoms with Crippen LogP contribution in [0.1, 0.15) is 232 Å². The Morgan fingerprint density at radius 1 is 0.419 bits per heavy atom. The fraction of sp³-hybridized carbons (Fsp3) is 0.949. The lowest BCUT2D eigenvalue weighted by atomic mass is 10.0. The van der Waals surface area contributed by atoms with Gasteiger partial charge >= 0.3 is 11.9 Å². The molecule has 0 radical (unpaired) electrons. The van der Waals surface area contributed by atoms with Gasteiger partial charge in [-0.1, -0.05) is 194 Å². The first-order valence-electron chi connectivity index (χ1n) is 19.5. The minimum atomic E-state index is -0.807. The second kappa shape index (κ2) is 35.4. The Balaban J connectivity index is 3.63. The Hall–Kier alpha value is -1.06. The number of carbonyl (C=O) groups excluding carboxylic acids is 1. The van der Waals surface area contributed by atoms with Crippen molar-refractivity contribution in [1.29, 1.82) is 0 Å². The number of carboxylic acid groups (broad SMARTS) is 1. The van der Waals surface area contributed by atoms with Gasteiger partial charge in [-0.2, -0.15) is 0 Å². The topological polar surface area (TPSA) is 63.6 Å². The van der Waals surface area contributed by atoms with Gasteiger partial charge in [-0.25, -0.2) is 0 Å². The van der Waals surface area contributed by atoms with Crippen LogP contribution in [0.3, 0.4) is 0 Å². The van der Waals surface area contributed by atoms with Gasteiger partial charge in [-0.15, -0.1) is 0 Å². The van der Waals surface area contributed by atoms with Gasteiger partial charge in [0.15, 0.2) is 0 Å². The van der Waals surface area contributed by atoms with Crippen molar-refractivity contribution in [2.45, 2.75) is 238 Å². The molecule has 0 aromatic rings. The van der Waals surface area contributed by atoms with Crippen LogP contribution in [0, 0.1) is 0 Å². The molecule has 0 spiro atoms. The van der Waals surface area contributed by atoms with E-state index < -0.39 is 5.97 Å². The van der Waals surface area contributed by atoms with Crippen LogP contribution in [-0.2, 0) is 14.3 Å². The normalized spacial score (nSPS) is 12.0. The molecule has 0 saturated heterocycles. The van der Waals surface area contributed by atoms with Gasteiger partial charge in [0.2, 0.25) is 0 Å². The van der Waals surface area contributed by atoms with Gasteiger partial charge in [0, 0.05) is 12.8 Å². The summed E-state index contributed by atoms with van der Waals surface area (Å²) in [6.45, 7) is 4.55. The molecule has 256 valence electrons. The summed E-state index contributed by atoms with van der Waals surface area (Å²) in [5, 5.41) is 9.09. The van der Waals surface area contributed by atoms with Crippen molar-refractivity contribution >= 4 is 11.9 Å². The molecule has 1 atom stereocenters. The van der Waals surface area contributed by atoms with Gasteiger partial charge in [-0.05, 0) is 25.7 Å². The molecule has 0 saturated carbocycles. The third-order valence-electron chi connectivity index (χ3n) is 9.09. The molecule has 4 nitrogen and oxygen atoms in total. The molecule has 0 aromatic heterocycles. The number of rotatable bonds is 36.